The molecular formula is C21H26N2O4. The van der Waals surface area contributed by atoms with Crippen LogP contribution in [0.3, 0.4) is 0 Å². The smallest absolute Gasteiger partial charge is 0.276 e. The minimum atomic E-state index is -0.446. The van der Waals surface area contributed by atoms with Gasteiger partial charge in [0.1, 0.15) is 11.5 Å². The number of amides is 2. The van der Waals surface area contributed by atoms with Crippen LogP contribution in [0.25, 0.3) is 0 Å². The maximum absolute atomic E-state index is 12.2. The third-order valence-corrected chi connectivity index (χ3v) is 3.88. The molecule has 2 aromatic rings. The second-order valence-electron chi connectivity index (χ2n) is 6.02. The predicted molar refractivity (Wildman–Crippen MR) is 104 cm³/mol. The summed E-state index contributed by atoms with van der Waals surface area (Å²) in [6, 6.07) is 14.4. The van der Waals surface area contributed by atoms with Crippen molar-refractivity contribution in [2.24, 2.45) is 0 Å². The fourth-order valence-corrected chi connectivity index (χ4v) is 2.27. The van der Waals surface area contributed by atoms with Gasteiger partial charge in [-0.1, -0.05) is 38.5 Å². The molecule has 0 aliphatic rings. The highest BCUT2D eigenvalue weighted by molar-refractivity contribution is 5.95. The van der Waals surface area contributed by atoms with Gasteiger partial charge in [0.25, 0.3) is 11.8 Å². The zero-order valence-electron chi connectivity index (χ0n) is 15.8. The fourth-order valence-electron chi connectivity index (χ4n) is 2.27. The lowest BCUT2D eigenvalue weighted by Gasteiger charge is -2.10. The van der Waals surface area contributed by atoms with Crippen molar-refractivity contribution in [3.05, 3.63) is 59.7 Å². The summed E-state index contributed by atoms with van der Waals surface area (Å²) >= 11 is 0. The van der Waals surface area contributed by atoms with Gasteiger partial charge in [-0.15, -0.1) is 0 Å². The summed E-state index contributed by atoms with van der Waals surface area (Å²) in [5.41, 5.74) is 6.31. The van der Waals surface area contributed by atoms with Gasteiger partial charge in [0.15, 0.2) is 6.61 Å². The van der Waals surface area contributed by atoms with E-state index in [1.165, 1.54) is 5.56 Å². The topological polar surface area (TPSA) is 76.7 Å². The lowest BCUT2D eigenvalue weighted by Crippen LogP contribution is -2.43. The number of hydrazine groups is 1. The zero-order valence-corrected chi connectivity index (χ0v) is 15.8. The maximum Gasteiger partial charge on any atom is 0.276 e. The summed E-state index contributed by atoms with van der Waals surface area (Å²) < 4.78 is 11.0. The zero-order chi connectivity index (χ0) is 19.5. The molecule has 6 heteroatoms. The number of carbonyl (C=O) groups excluding carboxylic acids is 2. The average Bonchev–Trinajstić information content (AvgIpc) is 2.71. The van der Waals surface area contributed by atoms with Gasteiger partial charge < -0.3 is 9.47 Å². The van der Waals surface area contributed by atoms with E-state index in [4.69, 9.17) is 9.47 Å². The molecule has 0 aliphatic carbocycles. The molecule has 0 heterocycles. The van der Waals surface area contributed by atoms with Crippen LogP contribution in [0.5, 0.6) is 11.5 Å². The first-order chi connectivity index (χ1) is 13.1. The molecule has 2 N–H and O–H groups in total. The Balaban J connectivity index is 1.76. The second-order valence-corrected chi connectivity index (χ2v) is 6.02. The molecule has 0 spiro atoms. The van der Waals surface area contributed by atoms with Gasteiger partial charge in [0, 0.05) is 5.56 Å². The lowest BCUT2D eigenvalue weighted by molar-refractivity contribution is -0.123. The van der Waals surface area contributed by atoms with E-state index in [1.54, 1.807) is 24.3 Å². The van der Waals surface area contributed by atoms with E-state index >= 15 is 0 Å². The van der Waals surface area contributed by atoms with Gasteiger partial charge in [-0.2, -0.15) is 0 Å². The summed E-state index contributed by atoms with van der Waals surface area (Å²) in [4.78, 5) is 24.0. The molecule has 0 saturated carbocycles. The number of rotatable bonds is 9. The number of benzene rings is 2. The Hall–Kier alpha value is -3.02. The molecule has 0 aromatic heterocycles. The maximum atomic E-state index is 12.2. The third-order valence-electron chi connectivity index (χ3n) is 3.88. The first-order valence-electron chi connectivity index (χ1n) is 9.16. The highest BCUT2D eigenvalue weighted by atomic mass is 16.5. The summed E-state index contributed by atoms with van der Waals surface area (Å²) in [6.45, 7) is 4.57. The molecular weight excluding hydrogens is 344 g/mol. The van der Waals surface area contributed by atoms with Gasteiger partial charge in [0.2, 0.25) is 0 Å². The van der Waals surface area contributed by atoms with Crippen molar-refractivity contribution in [2.75, 3.05) is 13.2 Å². The van der Waals surface area contributed by atoms with Crippen LogP contribution in [0.15, 0.2) is 48.5 Å². The minimum absolute atomic E-state index is 0.189. The molecule has 0 saturated heterocycles. The molecule has 2 rings (SSSR count). The van der Waals surface area contributed by atoms with Crippen LogP contribution < -0.4 is 20.3 Å². The summed E-state index contributed by atoms with van der Waals surface area (Å²) in [5, 5.41) is 0. The molecule has 6 nitrogen and oxygen atoms in total. The van der Waals surface area contributed by atoms with Crippen molar-refractivity contribution >= 4 is 11.8 Å². The summed E-state index contributed by atoms with van der Waals surface area (Å²) in [7, 11) is 0. The van der Waals surface area contributed by atoms with Crippen LogP contribution in [0.1, 0.15) is 42.6 Å². The molecule has 0 radical (unpaired) electrons. The lowest BCUT2D eigenvalue weighted by atomic mass is 10.2. The van der Waals surface area contributed by atoms with E-state index in [1.807, 2.05) is 24.3 Å². The number of hydrogen-bond acceptors (Lipinski definition) is 4. The number of aryl methyl sites for hydroxylation is 1. The molecule has 0 fully saturated rings. The fraction of sp³-hybridized carbons (Fsp3) is 0.333. The largest absolute Gasteiger partial charge is 0.494 e. The summed E-state index contributed by atoms with van der Waals surface area (Å²) in [5.74, 6) is 0.363. The Morgan fingerprint density at radius 3 is 2.41 bits per heavy atom. The first-order valence-corrected chi connectivity index (χ1v) is 9.16. The van der Waals surface area contributed by atoms with Crippen molar-refractivity contribution in [2.45, 2.75) is 33.1 Å². The van der Waals surface area contributed by atoms with Crippen molar-refractivity contribution < 1.29 is 19.1 Å². The normalized spacial score (nSPS) is 10.1. The standard InChI is InChI=1S/C21H26N2O4/c1-3-5-13-26-19-8-6-7-17(14-19)21(25)23-22-20(24)15-27-18-11-9-16(4-2)10-12-18/h6-12,14H,3-5,13,15H2,1-2H3,(H,22,24)(H,23,25). The average molecular weight is 370 g/mol. The van der Waals surface area contributed by atoms with Crippen molar-refractivity contribution in [1.82, 2.24) is 10.9 Å². The van der Waals surface area contributed by atoms with Crippen LogP contribution in [-0.2, 0) is 11.2 Å². The molecule has 2 aromatic carbocycles. The number of ether oxygens (including phenoxy) is 2. The van der Waals surface area contributed by atoms with Gasteiger partial charge >= 0.3 is 0 Å². The highest BCUT2D eigenvalue weighted by Gasteiger charge is 2.09. The molecule has 27 heavy (non-hydrogen) atoms. The van der Waals surface area contributed by atoms with E-state index in [0.717, 1.165) is 19.3 Å². The van der Waals surface area contributed by atoms with Gasteiger partial charge in [-0.3, -0.25) is 20.4 Å². The Bertz CT molecular complexity index is 744. The predicted octanol–water partition coefficient (Wildman–Crippen LogP) is 3.27. The van der Waals surface area contributed by atoms with Crippen LogP contribution in [0, 0.1) is 0 Å². The van der Waals surface area contributed by atoms with Crippen molar-refractivity contribution in [3.8, 4) is 11.5 Å². The Labute approximate surface area is 159 Å². The number of nitrogens with one attached hydrogen (secondary N) is 2. The van der Waals surface area contributed by atoms with Crippen LogP contribution >= 0.6 is 0 Å². The van der Waals surface area contributed by atoms with Crippen LogP contribution in [0.2, 0.25) is 0 Å². The minimum Gasteiger partial charge on any atom is -0.494 e. The Morgan fingerprint density at radius 1 is 0.926 bits per heavy atom. The van der Waals surface area contributed by atoms with E-state index < -0.39 is 11.8 Å². The number of unbranched alkanes of at least 4 members (excludes halogenated alkanes) is 1. The van der Waals surface area contributed by atoms with E-state index in [0.29, 0.717) is 23.7 Å². The Kier molecular flexibility index (Phi) is 8.16. The van der Waals surface area contributed by atoms with E-state index in [-0.39, 0.29) is 6.61 Å². The first kappa shape index (κ1) is 20.3. The molecule has 0 unspecified atom stereocenters. The Morgan fingerprint density at radius 2 is 1.70 bits per heavy atom. The molecule has 0 bridgehead atoms. The van der Waals surface area contributed by atoms with Gasteiger partial charge in [-0.25, -0.2) is 0 Å². The highest BCUT2D eigenvalue weighted by Crippen LogP contribution is 2.14. The molecule has 2 amide bonds. The van der Waals surface area contributed by atoms with Crippen LogP contribution in [-0.4, -0.2) is 25.0 Å². The van der Waals surface area contributed by atoms with Crippen LogP contribution in [0.4, 0.5) is 0 Å². The van der Waals surface area contributed by atoms with Gasteiger partial charge in [0.05, 0.1) is 6.61 Å². The molecule has 144 valence electrons. The SMILES string of the molecule is CCCCOc1cccc(C(=O)NNC(=O)COc2ccc(CC)cc2)c1. The van der Waals surface area contributed by atoms with Crippen molar-refractivity contribution in [1.29, 1.82) is 0 Å². The van der Waals surface area contributed by atoms with E-state index in [2.05, 4.69) is 24.7 Å². The molecule has 0 aliphatic heterocycles. The quantitative estimate of drug-likeness (QED) is 0.525. The summed E-state index contributed by atoms with van der Waals surface area (Å²) in [6.07, 6.45) is 2.93. The monoisotopic (exact) mass is 370 g/mol. The van der Waals surface area contributed by atoms with E-state index in [9.17, 15) is 9.59 Å². The number of carbonyl (C=O) groups is 2. The van der Waals surface area contributed by atoms with Crippen molar-refractivity contribution in [3.63, 3.8) is 0 Å². The second kappa shape index (κ2) is 10.9. The third kappa shape index (κ3) is 7.01. The molecule has 0 atom stereocenters. The van der Waals surface area contributed by atoms with Gasteiger partial charge in [-0.05, 0) is 48.7 Å². The number of hydrogen-bond donors (Lipinski definition) is 2.